The van der Waals surface area contributed by atoms with Crippen LogP contribution in [0.2, 0.25) is 0 Å². The molecule has 1 aromatic heterocycles. The molecular weight excluding hydrogens is 258 g/mol. The van der Waals surface area contributed by atoms with Crippen LogP contribution in [0.25, 0.3) is 0 Å². The van der Waals surface area contributed by atoms with Crippen molar-refractivity contribution in [3.8, 4) is 0 Å². The minimum atomic E-state index is -0.537. The molecule has 20 heavy (non-hydrogen) atoms. The molecule has 0 aliphatic heterocycles. The third kappa shape index (κ3) is 1.83. The third-order valence-electron chi connectivity index (χ3n) is 3.60. The molecule has 1 aromatic carbocycles. The van der Waals surface area contributed by atoms with Gasteiger partial charge in [0.05, 0.1) is 4.92 Å². The zero-order chi connectivity index (χ0) is 14.3. The lowest BCUT2D eigenvalue weighted by atomic mass is 9.96. The van der Waals surface area contributed by atoms with E-state index in [9.17, 15) is 10.1 Å². The first kappa shape index (κ1) is 12.3. The Hall–Kier alpha value is -2.70. The second-order valence-corrected chi connectivity index (χ2v) is 4.75. The van der Waals surface area contributed by atoms with Gasteiger partial charge in [0.2, 0.25) is 11.8 Å². The molecule has 0 amide bonds. The van der Waals surface area contributed by atoms with Crippen molar-refractivity contribution in [2.45, 2.75) is 18.8 Å². The van der Waals surface area contributed by atoms with Crippen molar-refractivity contribution in [3.05, 3.63) is 51.2 Å². The lowest BCUT2D eigenvalue weighted by Crippen LogP contribution is -2.11. The van der Waals surface area contributed by atoms with Crippen molar-refractivity contribution >= 4 is 17.5 Å². The Labute approximate surface area is 114 Å². The zero-order valence-corrected chi connectivity index (χ0v) is 10.6. The van der Waals surface area contributed by atoms with Gasteiger partial charge in [0.15, 0.2) is 0 Å². The van der Waals surface area contributed by atoms with E-state index in [-0.39, 0.29) is 23.4 Å². The molecular formula is C13H13N5O2. The smallest absolute Gasteiger partial charge is 0.333 e. The van der Waals surface area contributed by atoms with Crippen LogP contribution in [0.1, 0.15) is 29.2 Å². The lowest BCUT2D eigenvalue weighted by molar-refractivity contribution is -0.385. The maximum Gasteiger partial charge on any atom is 0.333 e. The minimum absolute atomic E-state index is 0.0347. The summed E-state index contributed by atoms with van der Waals surface area (Å²) in [6, 6.07) is 7.86. The molecule has 3 rings (SSSR count). The van der Waals surface area contributed by atoms with E-state index in [1.165, 1.54) is 5.56 Å². The molecule has 0 saturated carbocycles. The number of fused-ring (bicyclic) bond motifs is 1. The van der Waals surface area contributed by atoms with Gasteiger partial charge < -0.3 is 11.5 Å². The lowest BCUT2D eigenvalue weighted by Gasteiger charge is -2.12. The van der Waals surface area contributed by atoms with E-state index in [1.54, 1.807) is 0 Å². The summed E-state index contributed by atoms with van der Waals surface area (Å²) in [6.45, 7) is 0. The highest BCUT2D eigenvalue weighted by Gasteiger charge is 2.33. The van der Waals surface area contributed by atoms with Gasteiger partial charge in [0, 0.05) is 5.92 Å². The standard InChI is InChI=1S/C13H13N5O2/c14-12-11(18(19)20)10(16-13(15)17-12)9-6-5-7-3-1-2-4-8(7)9/h1-4,9H,5-6H2,(H4,14,15,16,17). The van der Waals surface area contributed by atoms with E-state index < -0.39 is 4.92 Å². The van der Waals surface area contributed by atoms with Crippen molar-refractivity contribution in [1.82, 2.24) is 9.97 Å². The van der Waals surface area contributed by atoms with Crippen LogP contribution in [0, 0.1) is 10.1 Å². The van der Waals surface area contributed by atoms with E-state index in [2.05, 4.69) is 9.97 Å². The van der Waals surface area contributed by atoms with Crippen LogP contribution in [-0.4, -0.2) is 14.9 Å². The van der Waals surface area contributed by atoms with Crippen molar-refractivity contribution < 1.29 is 4.92 Å². The molecule has 1 heterocycles. The van der Waals surface area contributed by atoms with E-state index in [1.807, 2.05) is 24.3 Å². The van der Waals surface area contributed by atoms with Crippen molar-refractivity contribution in [2.75, 3.05) is 11.5 Å². The van der Waals surface area contributed by atoms with Crippen LogP contribution in [0.15, 0.2) is 24.3 Å². The first-order valence-corrected chi connectivity index (χ1v) is 6.23. The summed E-state index contributed by atoms with van der Waals surface area (Å²) in [5, 5.41) is 11.2. The Morgan fingerprint density at radius 1 is 1.25 bits per heavy atom. The molecule has 7 heteroatoms. The fourth-order valence-electron chi connectivity index (χ4n) is 2.78. The maximum absolute atomic E-state index is 11.2. The largest absolute Gasteiger partial charge is 0.378 e. The van der Waals surface area contributed by atoms with Crippen LogP contribution in [0.3, 0.4) is 0 Å². The molecule has 1 atom stereocenters. The number of nitro groups is 1. The van der Waals surface area contributed by atoms with Gasteiger partial charge in [-0.25, -0.2) is 4.98 Å². The molecule has 1 aliphatic carbocycles. The number of benzene rings is 1. The molecule has 0 saturated heterocycles. The molecule has 1 unspecified atom stereocenters. The Balaban J connectivity index is 2.19. The van der Waals surface area contributed by atoms with Gasteiger partial charge in [-0.1, -0.05) is 24.3 Å². The highest BCUT2D eigenvalue weighted by Crippen LogP contribution is 2.41. The van der Waals surface area contributed by atoms with Crippen LogP contribution in [0.5, 0.6) is 0 Å². The number of aryl methyl sites for hydroxylation is 1. The second-order valence-electron chi connectivity index (χ2n) is 4.75. The van der Waals surface area contributed by atoms with Crippen molar-refractivity contribution in [3.63, 3.8) is 0 Å². The Bertz CT molecular complexity index is 701. The quantitative estimate of drug-likeness (QED) is 0.632. The van der Waals surface area contributed by atoms with Crippen LogP contribution in [-0.2, 0) is 6.42 Å². The van der Waals surface area contributed by atoms with Gasteiger partial charge in [-0.3, -0.25) is 10.1 Å². The number of nitrogens with zero attached hydrogens (tertiary/aromatic N) is 3. The predicted molar refractivity (Wildman–Crippen MR) is 74.1 cm³/mol. The summed E-state index contributed by atoms with van der Waals surface area (Å²) in [5.74, 6) is -0.367. The first-order chi connectivity index (χ1) is 9.58. The van der Waals surface area contributed by atoms with E-state index >= 15 is 0 Å². The summed E-state index contributed by atoms with van der Waals surface area (Å²) >= 11 is 0. The summed E-state index contributed by atoms with van der Waals surface area (Å²) < 4.78 is 0. The number of anilines is 2. The highest BCUT2D eigenvalue weighted by molar-refractivity contribution is 5.60. The Morgan fingerprint density at radius 2 is 2.00 bits per heavy atom. The fourth-order valence-corrected chi connectivity index (χ4v) is 2.78. The molecule has 0 radical (unpaired) electrons. The fraction of sp³-hybridized carbons (Fsp3) is 0.231. The molecule has 7 nitrogen and oxygen atoms in total. The molecule has 102 valence electrons. The molecule has 2 aromatic rings. The minimum Gasteiger partial charge on any atom is -0.378 e. The average molecular weight is 271 g/mol. The second kappa shape index (κ2) is 4.44. The van der Waals surface area contributed by atoms with E-state index in [4.69, 9.17) is 11.5 Å². The van der Waals surface area contributed by atoms with E-state index in [0.717, 1.165) is 18.4 Å². The summed E-state index contributed by atoms with van der Waals surface area (Å²) in [4.78, 5) is 18.5. The summed E-state index contributed by atoms with van der Waals surface area (Å²) in [6.07, 6.45) is 1.62. The molecule has 4 N–H and O–H groups in total. The van der Waals surface area contributed by atoms with Crippen LogP contribution >= 0.6 is 0 Å². The highest BCUT2D eigenvalue weighted by atomic mass is 16.6. The number of rotatable bonds is 2. The van der Waals surface area contributed by atoms with Gasteiger partial charge in [0.25, 0.3) is 0 Å². The van der Waals surface area contributed by atoms with Crippen molar-refractivity contribution in [2.24, 2.45) is 0 Å². The number of nitrogen functional groups attached to an aromatic ring is 2. The predicted octanol–water partition coefficient (Wildman–Crippen LogP) is 1.63. The first-order valence-electron chi connectivity index (χ1n) is 6.23. The normalized spacial score (nSPS) is 16.9. The molecule has 0 fully saturated rings. The summed E-state index contributed by atoms with van der Waals surface area (Å²) in [5.41, 5.74) is 13.5. The van der Waals surface area contributed by atoms with Crippen LogP contribution in [0.4, 0.5) is 17.5 Å². The van der Waals surface area contributed by atoms with Crippen molar-refractivity contribution in [1.29, 1.82) is 0 Å². The molecule has 0 spiro atoms. The van der Waals surface area contributed by atoms with E-state index in [0.29, 0.717) is 5.69 Å². The number of aromatic nitrogens is 2. The topological polar surface area (TPSA) is 121 Å². The zero-order valence-electron chi connectivity index (χ0n) is 10.6. The summed E-state index contributed by atoms with van der Waals surface area (Å²) in [7, 11) is 0. The maximum atomic E-state index is 11.2. The SMILES string of the molecule is Nc1nc(N)c([N+](=O)[O-])c(C2CCc3ccccc32)n1. The Morgan fingerprint density at radius 3 is 2.75 bits per heavy atom. The molecule has 1 aliphatic rings. The number of hydrogen-bond donors (Lipinski definition) is 2. The average Bonchev–Trinajstić information content (AvgIpc) is 2.80. The number of hydrogen-bond acceptors (Lipinski definition) is 6. The van der Waals surface area contributed by atoms with Gasteiger partial charge in [-0.05, 0) is 24.0 Å². The van der Waals surface area contributed by atoms with Gasteiger partial charge in [-0.2, -0.15) is 4.98 Å². The molecule has 0 bridgehead atoms. The van der Waals surface area contributed by atoms with Gasteiger partial charge >= 0.3 is 5.69 Å². The van der Waals surface area contributed by atoms with Gasteiger partial charge in [-0.15, -0.1) is 0 Å². The third-order valence-corrected chi connectivity index (χ3v) is 3.60. The van der Waals surface area contributed by atoms with Gasteiger partial charge in [0.1, 0.15) is 5.69 Å². The number of nitrogens with two attached hydrogens (primary N) is 2. The monoisotopic (exact) mass is 271 g/mol. The Kier molecular flexibility index (Phi) is 2.74. The van der Waals surface area contributed by atoms with Crippen LogP contribution < -0.4 is 11.5 Å².